The van der Waals surface area contributed by atoms with Crippen molar-refractivity contribution in [2.24, 2.45) is 0 Å². The number of aryl methyl sites for hydroxylation is 1. The largest absolute Gasteiger partial charge is 0.395 e. The molecule has 1 aromatic rings. The van der Waals surface area contributed by atoms with Crippen LogP contribution in [0.1, 0.15) is 30.1 Å². The van der Waals surface area contributed by atoms with E-state index in [1.54, 1.807) is 0 Å². The summed E-state index contributed by atoms with van der Waals surface area (Å²) in [4.78, 5) is 0. The minimum Gasteiger partial charge on any atom is -0.395 e. The predicted molar refractivity (Wildman–Crippen MR) is 68.0 cm³/mol. The van der Waals surface area contributed by atoms with Crippen molar-refractivity contribution in [3.05, 3.63) is 35.4 Å². The van der Waals surface area contributed by atoms with E-state index in [0.717, 1.165) is 12.8 Å². The van der Waals surface area contributed by atoms with Crippen LogP contribution in [0, 0.1) is 0 Å². The number of nitrogens with one attached hydrogen (secondary N) is 1. The first-order valence-electron chi connectivity index (χ1n) is 6.32. The van der Waals surface area contributed by atoms with Crippen LogP contribution in [-0.4, -0.2) is 31.4 Å². The maximum absolute atomic E-state index is 9.11. The molecule has 0 heterocycles. The molecule has 1 aliphatic rings. The van der Waals surface area contributed by atoms with Gasteiger partial charge in [-0.25, -0.2) is 0 Å². The lowest BCUT2D eigenvalue weighted by atomic mass is 9.89. The summed E-state index contributed by atoms with van der Waals surface area (Å²) < 4.78 is 5.93. The van der Waals surface area contributed by atoms with Crippen molar-refractivity contribution in [3.8, 4) is 0 Å². The molecule has 0 spiro atoms. The van der Waals surface area contributed by atoms with Gasteiger partial charge in [-0.3, -0.25) is 0 Å². The van der Waals surface area contributed by atoms with Gasteiger partial charge in [-0.2, -0.15) is 0 Å². The van der Waals surface area contributed by atoms with Gasteiger partial charge in [0.1, 0.15) is 0 Å². The monoisotopic (exact) mass is 235 g/mol. The van der Waals surface area contributed by atoms with Crippen LogP contribution >= 0.6 is 0 Å². The lowest BCUT2D eigenvalue weighted by molar-refractivity contribution is 0.0180. The van der Waals surface area contributed by atoms with Crippen LogP contribution in [0.15, 0.2) is 24.3 Å². The smallest absolute Gasteiger partial charge is 0.0828 e. The third-order valence-electron chi connectivity index (χ3n) is 3.44. The maximum Gasteiger partial charge on any atom is 0.0828 e. The number of likely N-dealkylation sites (N-methyl/N-ethyl adjacent to an activating group) is 1. The minimum absolute atomic E-state index is 0.0316. The van der Waals surface area contributed by atoms with Gasteiger partial charge < -0.3 is 15.2 Å². The third-order valence-corrected chi connectivity index (χ3v) is 3.44. The van der Waals surface area contributed by atoms with E-state index in [4.69, 9.17) is 9.84 Å². The van der Waals surface area contributed by atoms with Crippen LogP contribution in [0.25, 0.3) is 0 Å². The molecular weight excluding hydrogens is 214 g/mol. The Morgan fingerprint density at radius 2 is 2.29 bits per heavy atom. The Kier molecular flexibility index (Phi) is 4.54. The Labute approximate surface area is 103 Å². The molecule has 94 valence electrons. The second-order valence-electron chi connectivity index (χ2n) is 4.58. The molecule has 0 radical (unpaired) electrons. The maximum atomic E-state index is 9.11. The molecule has 0 fully saturated rings. The molecule has 2 N–H and O–H groups in total. The summed E-state index contributed by atoms with van der Waals surface area (Å²) in [6.07, 6.45) is 3.62. The first kappa shape index (κ1) is 12.6. The topological polar surface area (TPSA) is 41.5 Å². The highest BCUT2D eigenvalue weighted by Gasteiger charge is 2.21. The van der Waals surface area contributed by atoms with Crippen LogP contribution in [0.2, 0.25) is 0 Å². The van der Waals surface area contributed by atoms with E-state index in [1.807, 2.05) is 7.05 Å². The summed E-state index contributed by atoms with van der Waals surface area (Å²) in [6.45, 7) is 0.677. The summed E-state index contributed by atoms with van der Waals surface area (Å²) in [5.74, 6) is 0. The Hall–Kier alpha value is -0.900. The zero-order chi connectivity index (χ0) is 12.1. The van der Waals surface area contributed by atoms with E-state index in [9.17, 15) is 0 Å². The molecule has 0 aliphatic heterocycles. The number of aliphatic hydroxyl groups is 1. The van der Waals surface area contributed by atoms with Gasteiger partial charge in [-0.15, -0.1) is 0 Å². The number of hydrogen-bond acceptors (Lipinski definition) is 3. The molecule has 2 atom stereocenters. The van der Waals surface area contributed by atoms with E-state index in [1.165, 1.54) is 17.5 Å². The molecule has 1 aliphatic carbocycles. The van der Waals surface area contributed by atoms with E-state index in [-0.39, 0.29) is 18.8 Å². The summed E-state index contributed by atoms with van der Waals surface area (Å²) in [6, 6.07) is 8.54. The van der Waals surface area contributed by atoms with Crippen molar-refractivity contribution in [2.45, 2.75) is 31.4 Å². The minimum atomic E-state index is 0.0316. The predicted octanol–water partition coefficient (Wildman–Crippen LogP) is 1.66. The van der Waals surface area contributed by atoms with Crippen LogP contribution < -0.4 is 5.32 Å². The zero-order valence-corrected chi connectivity index (χ0v) is 10.4. The second kappa shape index (κ2) is 6.15. The average Bonchev–Trinajstić information content (AvgIpc) is 2.40. The summed E-state index contributed by atoms with van der Waals surface area (Å²) in [7, 11) is 1.85. The number of fused-ring (bicyclic) bond motifs is 1. The Balaban J connectivity index is 1.99. The van der Waals surface area contributed by atoms with Crippen molar-refractivity contribution in [1.82, 2.24) is 5.32 Å². The van der Waals surface area contributed by atoms with Crippen molar-refractivity contribution in [2.75, 3.05) is 20.3 Å². The van der Waals surface area contributed by atoms with Crippen molar-refractivity contribution >= 4 is 0 Å². The lowest BCUT2D eigenvalue weighted by Gasteiger charge is -2.27. The quantitative estimate of drug-likeness (QED) is 0.815. The van der Waals surface area contributed by atoms with Crippen molar-refractivity contribution in [1.29, 1.82) is 0 Å². The van der Waals surface area contributed by atoms with Crippen LogP contribution in [0.5, 0.6) is 0 Å². The van der Waals surface area contributed by atoms with Crippen LogP contribution in [-0.2, 0) is 11.2 Å². The molecule has 0 amide bonds. The standard InChI is InChI=1S/C14H21NO2/c1-15-12(9-16)10-17-14-8-4-6-11-5-2-3-7-13(11)14/h2-3,5,7,12,14-16H,4,6,8-10H2,1H3. The molecule has 3 nitrogen and oxygen atoms in total. The van der Waals surface area contributed by atoms with E-state index in [2.05, 4.69) is 29.6 Å². The number of aliphatic hydroxyl groups excluding tert-OH is 1. The Morgan fingerprint density at radius 3 is 3.06 bits per heavy atom. The average molecular weight is 235 g/mol. The molecular formula is C14H21NO2. The van der Waals surface area contributed by atoms with Gasteiger partial charge in [0.15, 0.2) is 0 Å². The fourth-order valence-corrected chi connectivity index (χ4v) is 2.34. The first-order chi connectivity index (χ1) is 8.35. The van der Waals surface area contributed by atoms with Crippen LogP contribution in [0.4, 0.5) is 0 Å². The normalized spacial score (nSPS) is 20.9. The molecule has 0 aromatic heterocycles. The SMILES string of the molecule is CNC(CO)COC1CCCc2ccccc21. The summed E-state index contributed by atoms with van der Waals surface area (Å²) in [5, 5.41) is 12.1. The molecule has 0 bridgehead atoms. The van der Waals surface area contributed by atoms with Crippen LogP contribution in [0.3, 0.4) is 0 Å². The summed E-state index contributed by atoms with van der Waals surface area (Å²) in [5.41, 5.74) is 2.74. The van der Waals surface area contributed by atoms with Gasteiger partial charge >= 0.3 is 0 Å². The zero-order valence-electron chi connectivity index (χ0n) is 10.4. The van der Waals surface area contributed by atoms with Gasteiger partial charge in [-0.1, -0.05) is 24.3 Å². The van der Waals surface area contributed by atoms with E-state index >= 15 is 0 Å². The third kappa shape index (κ3) is 3.06. The fourth-order valence-electron chi connectivity index (χ4n) is 2.34. The highest BCUT2D eigenvalue weighted by molar-refractivity contribution is 5.31. The molecule has 1 aromatic carbocycles. The number of benzene rings is 1. The molecule has 2 rings (SSSR count). The Morgan fingerprint density at radius 1 is 1.47 bits per heavy atom. The molecule has 3 heteroatoms. The van der Waals surface area contributed by atoms with Gasteiger partial charge in [0.05, 0.1) is 25.4 Å². The molecule has 0 saturated carbocycles. The van der Waals surface area contributed by atoms with E-state index < -0.39 is 0 Å². The fraction of sp³-hybridized carbons (Fsp3) is 0.571. The van der Waals surface area contributed by atoms with Crippen molar-refractivity contribution < 1.29 is 9.84 Å². The Bertz CT molecular complexity index is 350. The number of hydrogen-bond donors (Lipinski definition) is 2. The first-order valence-corrected chi connectivity index (χ1v) is 6.32. The van der Waals surface area contributed by atoms with E-state index in [0.29, 0.717) is 6.61 Å². The van der Waals surface area contributed by atoms with Gasteiger partial charge in [0.2, 0.25) is 0 Å². The van der Waals surface area contributed by atoms with Gasteiger partial charge in [-0.05, 0) is 37.4 Å². The van der Waals surface area contributed by atoms with Crippen molar-refractivity contribution in [3.63, 3.8) is 0 Å². The molecule has 2 unspecified atom stereocenters. The second-order valence-corrected chi connectivity index (χ2v) is 4.58. The van der Waals surface area contributed by atoms with Gasteiger partial charge in [0, 0.05) is 0 Å². The summed E-state index contributed by atoms with van der Waals surface area (Å²) >= 11 is 0. The highest BCUT2D eigenvalue weighted by atomic mass is 16.5. The molecule has 0 saturated heterocycles. The number of rotatable bonds is 5. The highest BCUT2D eigenvalue weighted by Crippen LogP contribution is 2.32. The lowest BCUT2D eigenvalue weighted by Crippen LogP contribution is -2.34. The number of ether oxygens (including phenoxy) is 1. The molecule has 17 heavy (non-hydrogen) atoms. The van der Waals surface area contributed by atoms with Gasteiger partial charge in [0.25, 0.3) is 0 Å².